The molecule has 150 valence electrons. The van der Waals surface area contributed by atoms with Gasteiger partial charge in [0, 0.05) is 16.6 Å². The summed E-state index contributed by atoms with van der Waals surface area (Å²) >= 11 is 0. The van der Waals surface area contributed by atoms with Crippen LogP contribution in [-0.4, -0.2) is 22.4 Å². The Kier molecular flexibility index (Phi) is 5.44. The van der Waals surface area contributed by atoms with E-state index in [1.807, 2.05) is 74.5 Å². The lowest BCUT2D eigenvalue weighted by molar-refractivity contribution is -0.114. The fraction of sp³-hybridized carbons (Fsp3) is 0.160. The second kappa shape index (κ2) is 8.33. The van der Waals surface area contributed by atoms with Crippen LogP contribution in [0.1, 0.15) is 16.7 Å². The number of hydrogen-bond acceptors (Lipinski definition) is 4. The van der Waals surface area contributed by atoms with Crippen LogP contribution in [0.25, 0.3) is 22.2 Å². The molecule has 4 aromatic rings. The Labute approximate surface area is 176 Å². The van der Waals surface area contributed by atoms with Gasteiger partial charge in [-0.15, -0.1) is 0 Å². The molecule has 1 heterocycles. The Hall–Kier alpha value is -3.73. The number of nitrogens with zero attached hydrogens (tertiary/aromatic N) is 2. The number of amides is 1. The molecule has 5 heteroatoms. The number of hydrogen-bond donors (Lipinski definition) is 2. The Bertz CT molecular complexity index is 1220. The van der Waals surface area contributed by atoms with E-state index >= 15 is 0 Å². The molecule has 0 aliphatic carbocycles. The lowest BCUT2D eigenvalue weighted by Crippen LogP contribution is -2.23. The molecule has 0 fully saturated rings. The van der Waals surface area contributed by atoms with E-state index in [9.17, 15) is 4.79 Å². The average Bonchev–Trinajstić information content (AvgIpc) is 2.74. The predicted octanol–water partition coefficient (Wildman–Crippen LogP) is 5.27. The zero-order valence-corrected chi connectivity index (χ0v) is 17.4. The van der Waals surface area contributed by atoms with Crippen LogP contribution in [0.4, 0.5) is 11.6 Å². The molecule has 0 saturated carbocycles. The van der Waals surface area contributed by atoms with Crippen LogP contribution in [-0.2, 0) is 4.79 Å². The van der Waals surface area contributed by atoms with E-state index in [1.165, 1.54) is 0 Å². The summed E-state index contributed by atoms with van der Waals surface area (Å²) in [6, 6.07) is 22.1. The maximum atomic E-state index is 12.5. The number of carbonyl (C=O) groups is 1. The van der Waals surface area contributed by atoms with Crippen LogP contribution >= 0.6 is 0 Å². The van der Waals surface area contributed by atoms with Gasteiger partial charge in [0.15, 0.2) is 0 Å². The van der Waals surface area contributed by atoms with Crippen molar-refractivity contribution < 1.29 is 4.79 Å². The van der Waals surface area contributed by atoms with Crippen LogP contribution in [0.15, 0.2) is 66.7 Å². The number of nitrogens with one attached hydrogen (secondary N) is 2. The number of aryl methyl sites for hydroxylation is 3. The molecule has 0 atom stereocenters. The van der Waals surface area contributed by atoms with E-state index in [0.717, 1.165) is 44.5 Å². The summed E-state index contributed by atoms with van der Waals surface area (Å²) in [4.78, 5) is 21.8. The third-order valence-corrected chi connectivity index (χ3v) is 4.96. The van der Waals surface area contributed by atoms with Gasteiger partial charge in [0.25, 0.3) is 0 Å². The van der Waals surface area contributed by atoms with Gasteiger partial charge in [0.1, 0.15) is 0 Å². The molecule has 0 spiro atoms. The molecular formula is C25H24N4O. The normalized spacial score (nSPS) is 10.8. The minimum absolute atomic E-state index is 0.0823. The lowest BCUT2D eigenvalue weighted by Gasteiger charge is -2.12. The van der Waals surface area contributed by atoms with Crippen LogP contribution < -0.4 is 10.6 Å². The van der Waals surface area contributed by atoms with Crippen molar-refractivity contribution in [3.8, 4) is 11.3 Å². The van der Waals surface area contributed by atoms with Crippen LogP contribution in [0.3, 0.4) is 0 Å². The molecule has 0 aliphatic heterocycles. The first-order valence-electron chi connectivity index (χ1n) is 9.94. The zero-order chi connectivity index (χ0) is 21.1. The quantitative estimate of drug-likeness (QED) is 0.482. The third-order valence-electron chi connectivity index (χ3n) is 4.96. The van der Waals surface area contributed by atoms with Crippen molar-refractivity contribution in [2.75, 3.05) is 17.2 Å². The van der Waals surface area contributed by atoms with E-state index in [0.29, 0.717) is 5.95 Å². The largest absolute Gasteiger partial charge is 0.345 e. The fourth-order valence-electron chi connectivity index (χ4n) is 3.44. The number of benzene rings is 3. The number of rotatable bonds is 5. The van der Waals surface area contributed by atoms with Crippen molar-refractivity contribution in [2.24, 2.45) is 0 Å². The standard InChI is InChI=1S/C25H24N4O/c1-16-9-11-21(18(3)13-16)27-23(30)15-26-25-28-22-12-10-17(2)14-20(22)24(29-25)19-7-5-4-6-8-19/h4-14H,15H2,1-3H3,(H,27,30)(H,26,28,29). The Balaban J connectivity index is 1.58. The van der Waals surface area contributed by atoms with Gasteiger partial charge in [-0.2, -0.15) is 0 Å². The summed E-state index contributed by atoms with van der Waals surface area (Å²) in [6.45, 7) is 6.15. The van der Waals surface area contributed by atoms with E-state index in [1.54, 1.807) is 0 Å². The summed E-state index contributed by atoms with van der Waals surface area (Å²) < 4.78 is 0. The molecule has 0 saturated heterocycles. The Morgan fingerprint density at radius 3 is 2.37 bits per heavy atom. The van der Waals surface area contributed by atoms with Crippen molar-refractivity contribution in [1.82, 2.24) is 9.97 Å². The molecule has 0 unspecified atom stereocenters. The van der Waals surface area contributed by atoms with E-state index in [-0.39, 0.29) is 12.5 Å². The topological polar surface area (TPSA) is 66.9 Å². The molecule has 3 aromatic carbocycles. The SMILES string of the molecule is Cc1ccc(NC(=O)CNc2nc(-c3ccccc3)c3cc(C)ccc3n2)c(C)c1. The highest BCUT2D eigenvalue weighted by Gasteiger charge is 2.11. The van der Waals surface area contributed by atoms with Gasteiger partial charge in [-0.05, 0) is 44.5 Å². The minimum Gasteiger partial charge on any atom is -0.345 e. The predicted molar refractivity (Wildman–Crippen MR) is 123 cm³/mol. The molecule has 1 amide bonds. The molecule has 5 nitrogen and oxygen atoms in total. The van der Waals surface area contributed by atoms with Crippen molar-refractivity contribution >= 4 is 28.4 Å². The van der Waals surface area contributed by atoms with Crippen molar-refractivity contribution in [3.63, 3.8) is 0 Å². The number of fused-ring (bicyclic) bond motifs is 1. The highest BCUT2D eigenvalue weighted by molar-refractivity contribution is 5.95. The van der Waals surface area contributed by atoms with Crippen molar-refractivity contribution in [2.45, 2.75) is 20.8 Å². The van der Waals surface area contributed by atoms with Gasteiger partial charge in [-0.3, -0.25) is 4.79 Å². The smallest absolute Gasteiger partial charge is 0.243 e. The Morgan fingerprint density at radius 1 is 0.867 bits per heavy atom. The molecule has 1 aromatic heterocycles. The summed E-state index contributed by atoms with van der Waals surface area (Å²) in [6.07, 6.45) is 0. The monoisotopic (exact) mass is 396 g/mol. The van der Waals surface area contributed by atoms with Gasteiger partial charge in [0.2, 0.25) is 11.9 Å². The zero-order valence-electron chi connectivity index (χ0n) is 17.4. The summed E-state index contributed by atoms with van der Waals surface area (Å²) in [5.41, 5.74) is 6.86. The highest BCUT2D eigenvalue weighted by Crippen LogP contribution is 2.28. The first-order valence-corrected chi connectivity index (χ1v) is 9.94. The fourth-order valence-corrected chi connectivity index (χ4v) is 3.44. The summed E-state index contributed by atoms with van der Waals surface area (Å²) in [7, 11) is 0. The maximum absolute atomic E-state index is 12.5. The van der Waals surface area contributed by atoms with Crippen LogP contribution in [0.2, 0.25) is 0 Å². The van der Waals surface area contributed by atoms with Gasteiger partial charge >= 0.3 is 0 Å². The lowest BCUT2D eigenvalue weighted by atomic mass is 10.0. The number of carbonyl (C=O) groups excluding carboxylic acids is 1. The first kappa shape index (κ1) is 19.6. The van der Waals surface area contributed by atoms with Gasteiger partial charge in [0.05, 0.1) is 17.8 Å². The molecule has 4 rings (SSSR count). The molecule has 0 bridgehead atoms. The van der Waals surface area contributed by atoms with Crippen LogP contribution in [0, 0.1) is 20.8 Å². The molecule has 0 aliphatic rings. The average molecular weight is 396 g/mol. The van der Waals surface area contributed by atoms with Crippen molar-refractivity contribution in [3.05, 3.63) is 83.4 Å². The second-order valence-electron chi connectivity index (χ2n) is 7.50. The third kappa shape index (κ3) is 4.30. The van der Waals surface area contributed by atoms with Gasteiger partial charge in [-0.1, -0.05) is 59.7 Å². The molecular weight excluding hydrogens is 372 g/mol. The molecule has 2 N–H and O–H groups in total. The first-order chi connectivity index (χ1) is 14.5. The molecule has 30 heavy (non-hydrogen) atoms. The van der Waals surface area contributed by atoms with E-state index < -0.39 is 0 Å². The van der Waals surface area contributed by atoms with Gasteiger partial charge < -0.3 is 10.6 Å². The molecule has 0 radical (unpaired) electrons. The van der Waals surface area contributed by atoms with Crippen LogP contribution in [0.5, 0.6) is 0 Å². The Morgan fingerprint density at radius 2 is 1.60 bits per heavy atom. The highest BCUT2D eigenvalue weighted by atomic mass is 16.1. The minimum atomic E-state index is -0.143. The summed E-state index contributed by atoms with van der Waals surface area (Å²) in [5, 5.41) is 7.01. The summed E-state index contributed by atoms with van der Waals surface area (Å²) in [5.74, 6) is 0.289. The maximum Gasteiger partial charge on any atom is 0.243 e. The second-order valence-corrected chi connectivity index (χ2v) is 7.50. The van der Waals surface area contributed by atoms with E-state index in [2.05, 4.69) is 28.6 Å². The van der Waals surface area contributed by atoms with Crippen molar-refractivity contribution in [1.29, 1.82) is 0 Å². The number of aromatic nitrogens is 2. The van der Waals surface area contributed by atoms with Gasteiger partial charge in [-0.25, -0.2) is 9.97 Å². The van der Waals surface area contributed by atoms with E-state index in [4.69, 9.17) is 4.98 Å². The number of anilines is 2.